The Morgan fingerprint density at radius 3 is 3.06 bits per heavy atom. The van der Waals surface area contributed by atoms with Gasteiger partial charge < -0.3 is 15.4 Å². The summed E-state index contributed by atoms with van der Waals surface area (Å²) in [5.74, 6) is 6.91. The second-order valence-corrected chi connectivity index (χ2v) is 4.40. The molecule has 0 aromatic carbocycles. The predicted octanol–water partition coefficient (Wildman–Crippen LogP) is 1.11. The molecule has 0 bridgehead atoms. The Bertz CT molecular complexity index is 358. The molecular weight excluding hydrogens is 216 g/mol. The molecular formula is C12H20N4O. The van der Waals surface area contributed by atoms with Crippen LogP contribution in [0.2, 0.25) is 0 Å². The molecule has 2 rings (SSSR count). The van der Waals surface area contributed by atoms with E-state index in [0.717, 1.165) is 25.2 Å². The average molecular weight is 236 g/mol. The Kier molecular flexibility index (Phi) is 4.17. The van der Waals surface area contributed by atoms with Crippen molar-refractivity contribution in [2.24, 2.45) is 5.84 Å². The van der Waals surface area contributed by atoms with Crippen LogP contribution in [0.25, 0.3) is 0 Å². The van der Waals surface area contributed by atoms with E-state index < -0.39 is 0 Å². The summed E-state index contributed by atoms with van der Waals surface area (Å²) in [6.07, 6.45) is 4.58. The highest BCUT2D eigenvalue weighted by atomic mass is 16.3. The maximum Gasteiger partial charge on any atom is 0.142 e. The number of hydrazine groups is 1. The van der Waals surface area contributed by atoms with E-state index in [2.05, 4.69) is 15.3 Å². The van der Waals surface area contributed by atoms with Gasteiger partial charge in [0, 0.05) is 6.54 Å². The van der Waals surface area contributed by atoms with Gasteiger partial charge in [0.05, 0.1) is 12.6 Å². The number of pyridine rings is 1. The molecule has 0 amide bonds. The quantitative estimate of drug-likeness (QED) is 0.541. The van der Waals surface area contributed by atoms with Gasteiger partial charge in [0.25, 0.3) is 0 Å². The molecule has 0 aliphatic carbocycles. The summed E-state index contributed by atoms with van der Waals surface area (Å²) in [6, 6.07) is 5.90. The number of hydrogen-bond acceptors (Lipinski definition) is 5. The molecule has 1 atom stereocenters. The molecule has 4 N–H and O–H groups in total. The summed E-state index contributed by atoms with van der Waals surface area (Å²) in [5, 5.41) is 9.46. The molecule has 0 radical (unpaired) electrons. The minimum Gasteiger partial charge on any atom is -0.394 e. The summed E-state index contributed by atoms with van der Waals surface area (Å²) in [7, 11) is 0. The molecule has 17 heavy (non-hydrogen) atoms. The van der Waals surface area contributed by atoms with Gasteiger partial charge in [-0.05, 0) is 25.0 Å². The fraction of sp³-hybridized carbons (Fsp3) is 0.583. The molecule has 1 aliphatic heterocycles. The molecule has 5 nitrogen and oxygen atoms in total. The molecule has 1 aromatic heterocycles. The number of aromatic nitrogens is 1. The number of rotatable bonds is 3. The van der Waals surface area contributed by atoms with Crippen molar-refractivity contribution in [3.05, 3.63) is 18.2 Å². The molecule has 1 fully saturated rings. The van der Waals surface area contributed by atoms with Crippen LogP contribution in [-0.2, 0) is 0 Å². The third kappa shape index (κ3) is 2.87. The van der Waals surface area contributed by atoms with Gasteiger partial charge in [-0.3, -0.25) is 0 Å². The van der Waals surface area contributed by atoms with Gasteiger partial charge >= 0.3 is 0 Å². The van der Waals surface area contributed by atoms with Gasteiger partial charge in [-0.15, -0.1) is 0 Å². The second kappa shape index (κ2) is 5.84. The average Bonchev–Trinajstić information content (AvgIpc) is 2.63. The van der Waals surface area contributed by atoms with Crippen molar-refractivity contribution in [3.63, 3.8) is 0 Å². The fourth-order valence-electron chi connectivity index (χ4n) is 2.33. The summed E-state index contributed by atoms with van der Waals surface area (Å²) in [6.45, 7) is 1.13. The number of anilines is 2. The van der Waals surface area contributed by atoms with Crippen molar-refractivity contribution in [3.8, 4) is 0 Å². The third-order valence-corrected chi connectivity index (χ3v) is 3.26. The maximum absolute atomic E-state index is 9.46. The zero-order valence-corrected chi connectivity index (χ0v) is 9.97. The second-order valence-electron chi connectivity index (χ2n) is 4.40. The third-order valence-electron chi connectivity index (χ3n) is 3.26. The minimum atomic E-state index is 0.179. The van der Waals surface area contributed by atoms with Crippen molar-refractivity contribution in [1.82, 2.24) is 4.98 Å². The Morgan fingerprint density at radius 1 is 1.41 bits per heavy atom. The van der Waals surface area contributed by atoms with Crippen molar-refractivity contribution < 1.29 is 5.11 Å². The molecule has 94 valence electrons. The zero-order valence-electron chi connectivity index (χ0n) is 9.97. The molecule has 2 heterocycles. The van der Waals surface area contributed by atoms with Crippen LogP contribution in [0.5, 0.6) is 0 Å². The van der Waals surface area contributed by atoms with E-state index in [-0.39, 0.29) is 12.6 Å². The van der Waals surface area contributed by atoms with E-state index in [1.165, 1.54) is 12.8 Å². The van der Waals surface area contributed by atoms with Gasteiger partial charge in [-0.2, -0.15) is 0 Å². The first-order valence-electron chi connectivity index (χ1n) is 6.16. The molecule has 5 heteroatoms. The van der Waals surface area contributed by atoms with Crippen LogP contribution in [0.15, 0.2) is 18.2 Å². The molecule has 1 aliphatic rings. The van der Waals surface area contributed by atoms with Crippen molar-refractivity contribution in [2.45, 2.75) is 31.7 Å². The summed E-state index contributed by atoms with van der Waals surface area (Å²) in [5.41, 5.74) is 2.55. The van der Waals surface area contributed by atoms with Crippen LogP contribution in [0.1, 0.15) is 25.7 Å². The van der Waals surface area contributed by atoms with Gasteiger partial charge in [-0.25, -0.2) is 10.8 Å². The van der Waals surface area contributed by atoms with Crippen LogP contribution in [0.4, 0.5) is 11.6 Å². The number of nitrogen functional groups attached to an aromatic ring is 1. The van der Waals surface area contributed by atoms with Gasteiger partial charge in [0.2, 0.25) is 0 Å². The molecule has 1 aromatic rings. The minimum absolute atomic E-state index is 0.179. The van der Waals surface area contributed by atoms with Crippen molar-refractivity contribution >= 4 is 11.6 Å². The maximum atomic E-state index is 9.46. The highest BCUT2D eigenvalue weighted by molar-refractivity contribution is 5.47. The highest BCUT2D eigenvalue weighted by Gasteiger charge is 2.21. The smallest absolute Gasteiger partial charge is 0.142 e. The van der Waals surface area contributed by atoms with Gasteiger partial charge in [0.15, 0.2) is 0 Å². The van der Waals surface area contributed by atoms with Crippen LogP contribution in [0, 0.1) is 0 Å². The lowest BCUT2D eigenvalue weighted by atomic mass is 10.1. The first kappa shape index (κ1) is 12.1. The summed E-state index contributed by atoms with van der Waals surface area (Å²) in [4.78, 5) is 6.62. The van der Waals surface area contributed by atoms with Crippen molar-refractivity contribution in [1.29, 1.82) is 0 Å². The number of nitrogens with two attached hydrogens (primary N) is 1. The van der Waals surface area contributed by atoms with Crippen LogP contribution in [0.3, 0.4) is 0 Å². The predicted molar refractivity (Wildman–Crippen MR) is 68.7 cm³/mol. The molecule has 0 saturated carbocycles. The van der Waals surface area contributed by atoms with E-state index >= 15 is 0 Å². The van der Waals surface area contributed by atoms with E-state index in [1.807, 2.05) is 18.2 Å². The van der Waals surface area contributed by atoms with E-state index in [1.54, 1.807) is 0 Å². The first-order valence-corrected chi connectivity index (χ1v) is 6.16. The highest BCUT2D eigenvalue weighted by Crippen LogP contribution is 2.23. The van der Waals surface area contributed by atoms with Crippen LogP contribution in [-0.4, -0.2) is 29.3 Å². The van der Waals surface area contributed by atoms with E-state index in [9.17, 15) is 5.11 Å². The van der Waals surface area contributed by atoms with E-state index in [4.69, 9.17) is 5.84 Å². The number of aliphatic hydroxyl groups is 1. The topological polar surface area (TPSA) is 74.4 Å². The summed E-state index contributed by atoms with van der Waals surface area (Å²) >= 11 is 0. The largest absolute Gasteiger partial charge is 0.394 e. The van der Waals surface area contributed by atoms with Crippen LogP contribution < -0.4 is 16.2 Å². The monoisotopic (exact) mass is 236 g/mol. The number of nitrogens with one attached hydrogen (secondary N) is 1. The molecule has 1 saturated heterocycles. The number of nitrogens with zero attached hydrogens (tertiary/aromatic N) is 2. The Morgan fingerprint density at radius 2 is 2.29 bits per heavy atom. The Labute approximate surface area is 102 Å². The normalized spacial score (nSPS) is 21.1. The van der Waals surface area contributed by atoms with Gasteiger partial charge in [0.1, 0.15) is 11.6 Å². The molecule has 0 spiro atoms. The zero-order chi connectivity index (χ0) is 12.1. The summed E-state index contributed by atoms with van der Waals surface area (Å²) < 4.78 is 0. The lowest BCUT2D eigenvalue weighted by Gasteiger charge is -2.29. The van der Waals surface area contributed by atoms with Gasteiger partial charge in [-0.1, -0.05) is 18.9 Å². The SMILES string of the molecule is NNc1cccc(N2CCCCCC2CO)n1. The van der Waals surface area contributed by atoms with E-state index in [0.29, 0.717) is 5.82 Å². The Balaban J connectivity index is 2.21. The lowest BCUT2D eigenvalue weighted by Crippen LogP contribution is -2.38. The number of hydrogen-bond donors (Lipinski definition) is 3. The lowest BCUT2D eigenvalue weighted by molar-refractivity contribution is 0.254. The standard InChI is InChI=1S/C12H20N4O/c13-15-11-6-4-7-12(14-11)16-8-3-1-2-5-10(16)9-17/h4,6-7,10,17H,1-3,5,8-9,13H2,(H,14,15). The Hall–Kier alpha value is -1.33. The first-order chi connectivity index (χ1) is 8.35. The fourth-order valence-corrected chi connectivity index (χ4v) is 2.33. The van der Waals surface area contributed by atoms with Crippen molar-refractivity contribution in [2.75, 3.05) is 23.5 Å². The molecule has 1 unspecified atom stereocenters. The number of aliphatic hydroxyl groups excluding tert-OH is 1. The van der Waals surface area contributed by atoms with Crippen LogP contribution >= 0.6 is 0 Å².